The van der Waals surface area contributed by atoms with Crippen molar-refractivity contribution in [3.63, 3.8) is 0 Å². The second-order valence-corrected chi connectivity index (χ2v) is 6.65. The van der Waals surface area contributed by atoms with Gasteiger partial charge < -0.3 is 10.6 Å². The van der Waals surface area contributed by atoms with Gasteiger partial charge in [0.15, 0.2) is 0 Å². The number of likely N-dealkylation sites (N-methyl/N-ethyl adjacent to an activating group) is 1. The summed E-state index contributed by atoms with van der Waals surface area (Å²) in [5, 5.41) is 0.183. The van der Waals surface area contributed by atoms with E-state index in [1.165, 1.54) is 12.1 Å². The van der Waals surface area contributed by atoms with Gasteiger partial charge in [0, 0.05) is 18.3 Å². The van der Waals surface area contributed by atoms with E-state index < -0.39 is 10.0 Å². The molecule has 1 aliphatic rings. The molecule has 1 saturated heterocycles. The van der Waals surface area contributed by atoms with E-state index in [2.05, 4.69) is 9.62 Å². The summed E-state index contributed by atoms with van der Waals surface area (Å²) < 4.78 is 27.1. The first-order valence-electron chi connectivity index (χ1n) is 5.64. The summed E-state index contributed by atoms with van der Waals surface area (Å²) in [5.41, 5.74) is 5.97. The highest BCUT2D eigenvalue weighted by Gasteiger charge is 2.26. The van der Waals surface area contributed by atoms with E-state index in [4.69, 9.17) is 17.3 Å². The average molecular weight is 290 g/mol. The van der Waals surface area contributed by atoms with Crippen LogP contribution in [0.4, 0.5) is 5.69 Å². The fourth-order valence-electron chi connectivity index (χ4n) is 2.04. The Morgan fingerprint density at radius 2 is 2.22 bits per heavy atom. The third-order valence-electron chi connectivity index (χ3n) is 2.96. The summed E-state index contributed by atoms with van der Waals surface area (Å²) in [6, 6.07) is 4.37. The molecule has 1 atom stereocenters. The Labute approximate surface area is 112 Å². The first kappa shape index (κ1) is 13.6. The molecule has 0 aliphatic carbocycles. The summed E-state index contributed by atoms with van der Waals surface area (Å²) in [5.74, 6) is 0. The molecule has 1 aliphatic heterocycles. The quantitative estimate of drug-likeness (QED) is 0.811. The van der Waals surface area contributed by atoms with E-state index in [0.29, 0.717) is 12.2 Å². The maximum atomic E-state index is 12.2. The van der Waals surface area contributed by atoms with Gasteiger partial charge in [-0.1, -0.05) is 11.6 Å². The number of hydrogen-bond acceptors (Lipinski definition) is 4. The lowest BCUT2D eigenvalue weighted by atomic mass is 10.3. The topological polar surface area (TPSA) is 75.4 Å². The van der Waals surface area contributed by atoms with Gasteiger partial charge in [-0.05, 0) is 38.2 Å². The van der Waals surface area contributed by atoms with Gasteiger partial charge in [-0.15, -0.1) is 0 Å². The lowest BCUT2D eigenvalue weighted by Gasteiger charge is -2.14. The molecule has 1 fully saturated rings. The monoisotopic (exact) mass is 289 g/mol. The normalized spacial score (nSPS) is 21.3. The highest BCUT2D eigenvalue weighted by Crippen LogP contribution is 2.24. The maximum Gasteiger partial charge on any atom is 0.242 e. The zero-order valence-electron chi connectivity index (χ0n) is 10.1. The van der Waals surface area contributed by atoms with Gasteiger partial charge >= 0.3 is 0 Å². The van der Waals surface area contributed by atoms with Crippen molar-refractivity contribution in [1.29, 1.82) is 0 Å². The highest BCUT2D eigenvalue weighted by atomic mass is 35.5. The van der Waals surface area contributed by atoms with Gasteiger partial charge in [0.2, 0.25) is 10.0 Å². The summed E-state index contributed by atoms with van der Waals surface area (Å²) >= 11 is 5.91. The summed E-state index contributed by atoms with van der Waals surface area (Å²) in [6.45, 7) is 1.59. The van der Waals surface area contributed by atoms with Crippen LogP contribution in [-0.4, -0.2) is 39.5 Å². The molecule has 1 aromatic rings. The van der Waals surface area contributed by atoms with E-state index >= 15 is 0 Å². The number of sulfonamides is 1. The third-order valence-corrected chi connectivity index (χ3v) is 4.96. The summed E-state index contributed by atoms with van der Waals surface area (Å²) in [7, 11) is -1.65. The molecular formula is C11H16ClN3O2S. The molecule has 3 N–H and O–H groups in total. The molecule has 0 saturated carbocycles. The van der Waals surface area contributed by atoms with Crippen LogP contribution in [0.15, 0.2) is 23.1 Å². The number of nitrogens with zero attached hydrogens (tertiary/aromatic N) is 1. The molecule has 1 unspecified atom stereocenters. The van der Waals surface area contributed by atoms with Crippen LogP contribution in [-0.2, 0) is 10.0 Å². The van der Waals surface area contributed by atoms with E-state index in [1.807, 2.05) is 7.05 Å². The van der Waals surface area contributed by atoms with Crippen LogP contribution in [0.25, 0.3) is 0 Å². The fourth-order valence-corrected chi connectivity index (χ4v) is 3.84. The smallest absolute Gasteiger partial charge is 0.242 e. The second-order valence-electron chi connectivity index (χ2n) is 4.56. The van der Waals surface area contributed by atoms with Crippen LogP contribution in [0.5, 0.6) is 0 Å². The van der Waals surface area contributed by atoms with E-state index in [0.717, 1.165) is 13.0 Å². The Balaban J connectivity index is 2.23. The number of likely N-dealkylation sites (tertiary alicyclic amines) is 1. The van der Waals surface area contributed by atoms with Gasteiger partial charge in [-0.3, -0.25) is 0 Å². The van der Waals surface area contributed by atoms with Crippen LogP contribution in [0.1, 0.15) is 6.42 Å². The van der Waals surface area contributed by atoms with Crippen molar-refractivity contribution in [2.75, 3.05) is 25.9 Å². The molecule has 0 spiro atoms. The van der Waals surface area contributed by atoms with Gasteiger partial charge in [0.25, 0.3) is 0 Å². The van der Waals surface area contributed by atoms with Crippen molar-refractivity contribution in [1.82, 2.24) is 9.62 Å². The number of rotatable bonds is 3. The molecule has 5 nitrogen and oxygen atoms in total. The molecule has 18 heavy (non-hydrogen) atoms. The number of nitrogens with two attached hydrogens (primary N) is 1. The van der Waals surface area contributed by atoms with E-state index in [1.54, 1.807) is 6.07 Å². The number of nitrogen functional groups attached to an aromatic ring is 1. The Hall–Kier alpha value is -0.820. The lowest BCUT2D eigenvalue weighted by molar-refractivity contribution is 0.407. The number of hydrogen-bond donors (Lipinski definition) is 2. The molecule has 0 radical (unpaired) electrons. The van der Waals surface area contributed by atoms with Crippen LogP contribution in [0.3, 0.4) is 0 Å². The second kappa shape index (κ2) is 5.05. The van der Waals surface area contributed by atoms with Crippen molar-refractivity contribution in [2.24, 2.45) is 0 Å². The maximum absolute atomic E-state index is 12.2. The Morgan fingerprint density at radius 3 is 2.83 bits per heavy atom. The number of benzene rings is 1. The minimum atomic E-state index is -3.61. The predicted octanol–water partition coefficient (Wildman–Crippen LogP) is 0.905. The highest BCUT2D eigenvalue weighted by molar-refractivity contribution is 7.89. The first-order chi connectivity index (χ1) is 8.38. The standard InChI is InChI=1S/C11H16ClN3O2S/c1-15-5-4-9(7-15)14-18(16,17)11-6-8(13)2-3-10(11)12/h2-3,6,9,14H,4-5,7,13H2,1H3. The Kier molecular flexibility index (Phi) is 3.82. The van der Waals surface area contributed by atoms with Crippen LogP contribution in [0, 0.1) is 0 Å². The minimum absolute atomic E-state index is 0.0405. The SMILES string of the molecule is CN1CCC(NS(=O)(=O)c2cc(N)ccc2Cl)C1. The fraction of sp³-hybridized carbons (Fsp3) is 0.455. The summed E-state index contributed by atoms with van der Waals surface area (Å²) in [4.78, 5) is 2.12. The van der Waals surface area contributed by atoms with Crippen molar-refractivity contribution < 1.29 is 8.42 Å². The van der Waals surface area contributed by atoms with Crippen molar-refractivity contribution in [3.05, 3.63) is 23.2 Å². The lowest BCUT2D eigenvalue weighted by Crippen LogP contribution is -2.36. The molecule has 7 heteroatoms. The van der Waals surface area contributed by atoms with Crippen LogP contribution >= 0.6 is 11.6 Å². The molecule has 0 aromatic heterocycles. The van der Waals surface area contributed by atoms with E-state index in [-0.39, 0.29) is 16.0 Å². The van der Waals surface area contributed by atoms with Gasteiger partial charge in [0.1, 0.15) is 4.90 Å². The van der Waals surface area contributed by atoms with Crippen LogP contribution in [0.2, 0.25) is 5.02 Å². The van der Waals surface area contributed by atoms with Crippen molar-refractivity contribution in [3.8, 4) is 0 Å². The molecule has 1 heterocycles. The van der Waals surface area contributed by atoms with Gasteiger partial charge in [0.05, 0.1) is 5.02 Å². The molecular weight excluding hydrogens is 274 g/mol. The zero-order chi connectivity index (χ0) is 13.3. The average Bonchev–Trinajstić information content (AvgIpc) is 2.66. The number of halogens is 1. The molecule has 1 aromatic carbocycles. The minimum Gasteiger partial charge on any atom is -0.399 e. The largest absolute Gasteiger partial charge is 0.399 e. The van der Waals surface area contributed by atoms with Gasteiger partial charge in [-0.25, -0.2) is 13.1 Å². The third kappa shape index (κ3) is 2.95. The van der Waals surface area contributed by atoms with Crippen molar-refractivity contribution in [2.45, 2.75) is 17.4 Å². The molecule has 100 valence electrons. The van der Waals surface area contributed by atoms with Crippen molar-refractivity contribution >= 4 is 27.3 Å². The van der Waals surface area contributed by atoms with Crippen LogP contribution < -0.4 is 10.5 Å². The van der Waals surface area contributed by atoms with Gasteiger partial charge in [-0.2, -0.15) is 0 Å². The molecule has 2 rings (SSSR count). The Morgan fingerprint density at radius 1 is 1.50 bits per heavy atom. The predicted molar refractivity (Wildman–Crippen MR) is 72.1 cm³/mol. The zero-order valence-corrected chi connectivity index (χ0v) is 11.6. The number of anilines is 1. The Bertz CT molecular complexity index is 547. The summed E-state index contributed by atoms with van der Waals surface area (Å²) in [6.07, 6.45) is 0.801. The molecule has 0 amide bonds. The molecule has 0 bridgehead atoms. The first-order valence-corrected chi connectivity index (χ1v) is 7.50. The number of nitrogens with one attached hydrogen (secondary N) is 1. The van der Waals surface area contributed by atoms with E-state index in [9.17, 15) is 8.42 Å².